The van der Waals surface area contributed by atoms with Crippen LogP contribution in [0.4, 0.5) is 0 Å². The van der Waals surface area contributed by atoms with Crippen molar-refractivity contribution in [3.05, 3.63) is 58.9 Å². The van der Waals surface area contributed by atoms with Gasteiger partial charge in [0.05, 0.1) is 23.4 Å². The van der Waals surface area contributed by atoms with Crippen LogP contribution < -0.4 is 9.54 Å². The fraction of sp³-hybridized carbons (Fsp3) is 0.238. The maximum Gasteiger partial charge on any atom is 0.279 e. The molecule has 0 aliphatic heterocycles. The summed E-state index contributed by atoms with van der Waals surface area (Å²) in [5.74, 6) is 3.02. The van der Waals surface area contributed by atoms with Crippen molar-refractivity contribution in [2.75, 3.05) is 6.61 Å². The molecule has 0 saturated carbocycles. The Morgan fingerprint density at radius 2 is 2.12 bits per heavy atom. The highest BCUT2D eigenvalue weighted by Crippen LogP contribution is 2.18. The third-order valence-electron chi connectivity index (χ3n) is 3.88. The zero-order valence-electron chi connectivity index (χ0n) is 14.6. The molecule has 0 radical (unpaired) electrons. The Bertz CT molecular complexity index is 1020. The van der Waals surface area contributed by atoms with E-state index < -0.39 is 0 Å². The molecule has 0 N–H and O–H groups in total. The number of unbranched alkanes of at least 4 members (excludes halogenated alkanes) is 1. The number of carbonyl (C=O) groups excluding carboxylic acids is 1. The monoisotopic (exact) mass is 364 g/mol. The van der Waals surface area contributed by atoms with Crippen molar-refractivity contribution < 1.29 is 9.53 Å². The van der Waals surface area contributed by atoms with Gasteiger partial charge in [-0.25, -0.2) is 0 Å². The molecule has 0 fully saturated rings. The number of carbonyl (C=O) groups is 1. The second-order valence-electron chi connectivity index (χ2n) is 5.79. The quantitative estimate of drug-likeness (QED) is 0.485. The smallest absolute Gasteiger partial charge is 0.279 e. The zero-order chi connectivity index (χ0) is 18.4. The van der Waals surface area contributed by atoms with Crippen molar-refractivity contribution in [3.8, 4) is 18.1 Å². The van der Waals surface area contributed by atoms with Gasteiger partial charge in [0, 0.05) is 5.56 Å². The average Bonchev–Trinajstić information content (AvgIpc) is 3.00. The number of amides is 1. The third kappa shape index (κ3) is 4.04. The molecular formula is C21H20N2O2S. The number of hydrogen-bond acceptors (Lipinski definition) is 3. The molecule has 0 atom stereocenters. The van der Waals surface area contributed by atoms with Crippen LogP contribution in [0.2, 0.25) is 0 Å². The highest BCUT2D eigenvalue weighted by atomic mass is 32.1. The maximum absolute atomic E-state index is 12.6. The van der Waals surface area contributed by atoms with Gasteiger partial charge in [0.15, 0.2) is 4.80 Å². The fourth-order valence-corrected chi connectivity index (χ4v) is 3.58. The largest absolute Gasteiger partial charge is 0.494 e. The first kappa shape index (κ1) is 18.0. The summed E-state index contributed by atoms with van der Waals surface area (Å²) in [6.07, 6.45) is 7.54. The van der Waals surface area contributed by atoms with Gasteiger partial charge in [-0.15, -0.1) is 6.42 Å². The summed E-state index contributed by atoms with van der Waals surface area (Å²) in [6.45, 7) is 3.12. The van der Waals surface area contributed by atoms with Crippen molar-refractivity contribution in [2.45, 2.75) is 26.3 Å². The van der Waals surface area contributed by atoms with E-state index in [1.54, 1.807) is 12.1 Å². The van der Waals surface area contributed by atoms with Crippen LogP contribution in [0.15, 0.2) is 53.5 Å². The number of terminal acetylenes is 1. The molecule has 1 aromatic heterocycles. The maximum atomic E-state index is 12.6. The molecule has 0 spiro atoms. The lowest BCUT2D eigenvalue weighted by Crippen LogP contribution is -2.16. The molecule has 2 aromatic carbocycles. The second-order valence-corrected chi connectivity index (χ2v) is 6.80. The molecule has 3 aromatic rings. The Kier molecular flexibility index (Phi) is 5.88. The Balaban J connectivity index is 1.94. The highest BCUT2D eigenvalue weighted by molar-refractivity contribution is 7.16. The van der Waals surface area contributed by atoms with E-state index in [4.69, 9.17) is 11.2 Å². The first-order valence-corrected chi connectivity index (χ1v) is 9.38. The van der Waals surface area contributed by atoms with Crippen LogP contribution in [0.25, 0.3) is 10.2 Å². The van der Waals surface area contributed by atoms with Crippen LogP contribution in [0.1, 0.15) is 30.1 Å². The topological polar surface area (TPSA) is 43.6 Å². The lowest BCUT2D eigenvalue weighted by atomic mass is 10.2. The predicted molar refractivity (Wildman–Crippen MR) is 105 cm³/mol. The SMILES string of the molecule is C#CCn1c(=NC(=O)c2cccc(OCCCC)c2)sc2ccccc21. The normalized spacial score (nSPS) is 11.5. The molecule has 0 aliphatic rings. The zero-order valence-corrected chi connectivity index (χ0v) is 15.5. The van der Waals surface area contributed by atoms with E-state index in [9.17, 15) is 4.79 Å². The minimum absolute atomic E-state index is 0.303. The standard InChI is InChI=1S/C21H20N2O2S/c1-3-5-14-25-17-10-8-9-16(15-17)20(24)22-21-23(13-4-2)18-11-6-7-12-19(18)26-21/h2,6-12,15H,3,5,13-14H2,1H3. The van der Waals surface area contributed by atoms with Gasteiger partial charge in [-0.2, -0.15) is 4.99 Å². The Morgan fingerprint density at radius 3 is 2.92 bits per heavy atom. The van der Waals surface area contributed by atoms with Gasteiger partial charge < -0.3 is 9.30 Å². The molecule has 0 bridgehead atoms. The van der Waals surface area contributed by atoms with E-state index in [1.165, 1.54) is 11.3 Å². The molecule has 132 valence electrons. The number of nitrogens with zero attached hydrogens (tertiary/aromatic N) is 2. The van der Waals surface area contributed by atoms with Gasteiger partial charge in [-0.1, -0.05) is 48.8 Å². The molecule has 1 amide bonds. The van der Waals surface area contributed by atoms with Gasteiger partial charge in [-0.3, -0.25) is 4.79 Å². The third-order valence-corrected chi connectivity index (χ3v) is 4.94. The van der Waals surface area contributed by atoms with E-state index in [-0.39, 0.29) is 5.91 Å². The van der Waals surface area contributed by atoms with E-state index in [0.717, 1.165) is 23.1 Å². The minimum Gasteiger partial charge on any atom is -0.494 e. The molecule has 0 aliphatic carbocycles. The summed E-state index contributed by atoms with van der Waals surface area (Å²) < 4.78 is 8.61. The summed E-state index contributed by atoms with van der Waals surface area (Å²) in [7, 11) is 0. The van der Waals surface area contributed by atoms with E-state index in [2.05, 4.69) is 17.8 Å². The summed E-state index contributed by atoms with van der Waals surface area (Å²) in [6, 6.07) is 15.0. The molecule has 1 heterocycles. The number of fused-ring (bicyclic) bond motifs is 1. The van der Waals surface area contributed by atoms with Crippen LogP contribution in [-0.4, -0.2) is 17.1 Å². The van der Waals surface area contributed by atoms with Gasteiger partial charge in [-0.05, 0) is 36.8 Å². The first-order valence-electron chi connectivity index (χ1n) is 8.56. The van der Waals surface area contributed by atoms with Crippen LogP contribution in [0.3, 0.4) is 0 Å². The number of para-hydroxylation sites is 1. The molecule has 0 unspecified atom stereocenters. The molecule has 0 saturated heterocycles. The lowest BCUT2D eigenvalue weighted by Gasteiger charge is -2.05. The van der Waals surface area contributed by atoms with Gasteiger partial charge in [0.1, 0.15) is 5.75 Å². The number of rotatable bonds is 6. The van der Waals surface area contributed by atoms with Crippen LogP contribution in [0, 0.1) is 12.3 Å². The number of ether oxygens (including phenoxy) is 1. The number of benzene rings is 2. The van der Waals surface area contributed by atoms with Gasteiger partial charge in [0.25, 0.3) is 5.91 Å². The number of thiazole rings is 1. The molecular weight excluding hydrogens is 344 g/mol. The van der Waals surface area contributed by atoms with Crippen LogP contribution in [0.5, 0.6) is 5.75 Å². The summed E-state index contributed by atoms with van der Waals surface area (Å²) >= 11 is 1.46. The summed E-state index contributed by atoms with van der Waals surface area (Å²) in [5.41, 5.74) is 1.49. The van der Waals surface area contributed by atoms with Crippen molar-refractivity contribution in [3.63, 3.8) is 0 Å². The minimum atomic E-state index is -0.303. The fourth-order valence-electron chi connectivity index (χ4n) is 2.55. The predicted octanol–water partition coefficient (Wildman–Crippen LogP) is 4.26. The molecule has 4 nitrogen and oxygen atoms in total. The van der Waals surface area contributed by atoms with E-state index in [1.807, 2.05) is 41.0 Å². The Morgan fingerprint density at radius 1 is 1.27 bits per heavy atom. The van der Waals surface area contributed by atoms with Crippen molar-refractivity contribution in [1.82, 2.24) is 4.57 Å². The van der Waals surface area contributed by atoms with Crippen molar-refractivity contribution in [2.24, 2.45) is 4.99 Å². The Hall–Kier alpha value is -2.84. The molecule has 5 heteroatoms. The van der Waals surface area contributed by atoms with Crippen molar-refractivity contribution in [1.29, 1.82) is 0 Å². The highest BCUT2D eigenvalue weighted by Gasteiger charge is 2.09. The van der Waals surface area contributed by atoms with E-state index >= 15 is 0 Å². The van der Waals surface area contributed by atoms with Gasteiger partial charge >= 0.3 is 0 Å². The van der Waals surface area contributed by atoms with Crippen LogP contribution in [-0.2, 0) is 6.54 Å². The summed E-state index contributed by atoms with van der Waals surface area (Å²) in [4.78, 5) is 17.6. The summed E-state index contributed by atoms with van der Waals surface area (Å²) in [5, 5.41) is 0. The van der Waals surface area contributed by atoms with E-state index in [0.29, 0.717) is 29.3 Å². The number of aromatic nitrogens is 1. The number of hydrogen-bond donors (Lipinski definition) is 0. The molecule has 3 rings (SSSR count). The Labute approximate surface area is 156 Å². The lowest BCUT2D eigenvalue weighted by molar-refractivity contribution is 0.0997. The molecule has 26 heavy (non-hydrogen) atoms. The van der Waals surface area contributed by atoms with Gasteiger partial charge in [0.2, 0.25) is 0 Å². The second kappa shape index (κ2) is 8.50. The first-order chi connectivity index (χ1) is 12.7. The van der Waals surface area contributed by atoms with Crippen LogP contribution >= 0.6 is 11.3 Å². The average molecular weight is 364 g/mol. The van der Waals surface area contributed by atoms with Crippen molar-refractivity contribution >= 4 is 27.5 Å².